The summed E-state index contributed by atoms with van der Waals surface area (Å²) in [5, 5.41) is 20.2. The van der Waals surface area contributed by atoms with Crippen molar-refractivity contribution in [1.29, 1.82) is 0 Å². The first-order valence-electron chi connectivity index (χ1n) is 11.1. The maximum Gasteiger partial charge on any atom is 0.306 e. The molecule has 2 aromatic rings. The number of rotatable bonds is 6. The molecule has 0 aromatic heterocycles. The average molecular weight is 455 g/mol. The van der Waals surface area contributed by atoms with Crippen molar-refractivity contribution in [2.45, 2.75) is 40.2 Å². The molecule has 5 nitrogen and oxygen atoms in total. The number of carboxylic acids is 1. The Labute approximate surface area is 199 Å². The number of aliphatic hydroxyl groups excluding tert-OH is 1. The van der Waals surface area contributed by atoms with Crippen molar-refractivity contribution in [3.05, 3.63) is 81.4 Å². The molecule has 0 heterocycles. The van der Waals surface area contributed by atoms with Crippen molar-refractivity contribution in [3.63, 3.8) is 0 Å². The first-order chi connectivity index (χ1) is 16.1. The smallest absolute Gasteiger partial charge is 0.306 e. The van der Waals surface area contributed by atoms with Gasteiger partial charge in [0, 0.05) is 16.7 Å². The number of carbonyl (C=O) groups excluding carboxylic acids is 1. The first-order valence-corrected chi connectivity index (χ1v) is 11.1. The molecule has 0 radical (unpaired) electrons. The highest BCUT2D eigenvalue weighted by Crippen LogP contribution is 2.45. The van der Waals surface area contributed by atoms with Crippen molar-refractivity contribution in [1.82, 2.24) is 0 Å². The molecule has 0 amide bonds. The largest absolute Gasteiger partial charge is 0.481 e. The minimum atomic E-state index is -0.994. The van der Waals surface area contributed by atoms with Gasteiger partial charge < -0.3 is 14.9 Å². The van der Waals surface area contributed by atoms with Crippen LogP contribution in [0.25, 0.3) is 11.1 Å². The molecular formula is C29H26O5. The zero-order chi connectivity index (χ0) is 24.7. The molecule has 2 N–H and O–H groups in total. The second kappa shape index (κ2) is 8.81. The predicted molar refractivity (Wildman–Crippen MR) is 131 cm³/mol. The van der Waals surface area contributed by atoms with E-state index in [1.54, 1.807) is 31.2 Å². The summed E-state index contributed by atoms with van der Waals surface area (Å²) in [4.78, 5) is 24.1. The molecule has 172 valence electrons. The molecule has 34 heavy (non-hydrogen) atoms. The van der Waals surface area contributed by atoms with Crippen LogP contribution in [-0.2, 0) is 4.79 Å². The summed E-state index contributed by atoms with van der Waals surface area (Å²) in [6.45, 7) is 7.41. The number of aliphatic carboxylic acids is 1. The van der Waals surface area contributed by atoms with E-state index in [-0.39, 0.29) is 12.2 Å². The Morgan fingerprint density at radius 3 is 2.41 bits per heavy atom. The predicted octanol–water partition coefficient (Wildman–Crippen LogP) is 5.96. The van der Waals surface area contributed by atoms with E-state index in [0.717, 1.165) is 16.7 Å². The molecule has 2 aliphatic carbocycles. The van der Waals surface area contributed by atoms with Crippen molar-refractivity contribution in [2.75, 3.05) is 0 Å². The summed E-state index contributed by atoms with van der Waals surface area (Å²) in [5.74, 6) is 1.97. The fraction of sp³-hybridized carbons (Fsp3) is 0.241. The molecule has 2 aromatic carbocycles. The number of hydrogen-bond donors (Lipinski definition) is 2. The normalized spacial score (nSPS) is 17.3. The van der Waals surface area contributed by atoms with Crippen LogP contribution in [-0.4, -0.2) is 22.0 Å². The van der Waals surface area contributed by atoms with E-state index in [2.05, 4.69) is 5.92 Å². The number of ether oxygens (including phenoxy) is 1. The highest BCUT2D eigenvalue weighted by molar-refractivity contribution is 6.21. The second-order valence-electron chi connectivity index (χ2n) is 9.04. The fourth-order valence-electron chi connectivity index (χ4n) is 4.50. The number of Topliss-reactive ketones (excluding diaryl/α,β-unsaturated/α-hetero) is 1. The standard InChI is InChI=1S/C29H26O5/c1-6-20-21-9-7-19(14-26(21)28(31)24(20)12-16(4)29(32)33)34-18-8-10-22-23(11-15(2)3)17(5)27(30)25(22)13-18/h1,7-11,13-14,16,28,31H,12H2,2-5H3,(H,32,33)/t16?,28-/m0/s1. The van der Waals surface area contributed by atoms with Crippen molar-refractivity contribution >= 4 is 22.9 Å². The van der Waals surface area contributed by atoms with Gasteiger partial charge in [-0.15, -0.1) is 6.42 Å². The lowest BCUT2D eigenvalue weighted by atomic mass is 9.96. The molecule has 2 atom stereocenters. The van der Waals surface area contributed by atoms with Gasteiger partial charge in [0.1, 0.15) is 17.6 Å². The van der Waals surface area contributed by atoms with Crippen LogP contribution in [0.15, 0.2) is 59.2 Å². The summed E-state index contributed by atoms with van der Waals surface area (Å²) >= 11 is 0. The third-order valence-corrected chi connectivity index (χ3v) is 6.27. The van der Waals surface area contributed by atoms with E-state index in [1.165, 1.54) is 0 Å². The average Bonchev–Trinajstić information content (AvgIpc) is 3.19. The van der Waals surface area contributed by atoms with E-state index in [4.69, 9.17) is 11.2 Å². The van der Waals surface area contributed by atoms with E-state index in [9.17, 15) is 19.8 Å². The SMILES string of the molecule is C#CC1=C(CC(C)C(=O)O)[C@H](O)c2cc(Oc3ccc4c(c3)C(=O)C(C)=C4C=C(C)C)ccc21. The monoisotopic (exact) mass is 454 g/mol. The molecule has 5 heteroatoms. The van der Waals surface area contributed by atoms with Crippen LogP contribution in [0.4, 0.5) is 0 Å². The summed E-state index contributed by atoms with van der Waals surface area (Å²) < 4.78 is 6.04. The Bertz CT molecular complexity index is 1360. The number of allylic oxidation sites excluding steroid dienone is 5. The third-order valence-electron chi connectivity index (χ3n) is 6.27. The summed E-state index contributed by atoms with van der Waals surface area (Å²) in [6.07, 6.45) is 6.88. The molecule has 0 saturated heterocycles. The summed E-state index contributed by atoms with van der Waals surface area (Å²) in [6, 6.07) is 10.7. The highest BCUT2D eigenvalue weighted by Gasteiger charge is 2.32. The van der Waals surface area contributed by atoms with Gasteiger partial charge in [0.25, 0.3) is 0 Å². The van der Waals surface area contributed by atoms with Crippen molar-refractivity contribution in [3.8, 4) is 23.8 Å². The van der Waals surface area contributed by atoms with Gasteiger partial charge in [0.05, 0.1) is 5.92 Å². The lowest BCUT2D eigenvalue weighted by Crippen LogP contribution is -2.12. The van der Waals surface area contributed by atoms with E-state index in [0.29, 0.717) is 44.9 Å². The fourth-order valence-corrected chi connectivity index (χ4v) is 4.50. The molecule has 0 saturated carbocycles. The van der Waals surface area contributed by atoms with E-state index in [1.807, 2.05) is 39.0 Å². The topological polar surface area (TPSA) is 83.8 Å². The summed E-state index contributed by atoms with van der Waals surface area (Å²) in [7, 11) is 0. The van der Waals surface area contributed by atoms with Crippen LogP contribution in [0.2, 0.25) is 0 Å². The number of carboxylic acid groups (broad SMARTS) is 1. The number of carbonyl (C=O) groups is 2. The van der Waals surface area contributed by atoms with Crippen LogP contribution in [0.5, 0.6) is 11.5 Å². The van der Waals surface area contributed by atoms with E-state index < -0.39 is 18.0 Å². The number of hydrogen-bond acceptors (Lipinski definition) is 4. The summed E-state index contributed by atoms with van der Waals surface area (Å²) in [5.41, 5.74) is 6.59. The molecule has 0 bridgehead atoms. The van der Waals surface area contributed by atoms with Gasteiger partial charge in [-0.2, -0.15) is 0 Å². The molecule has 4 rings (SSSR count). The highest BCUT2D eigenvalue weighted by atomic mass is 16.5. The van der Waals surface area contributed by atoms with Crippen LogP contribution in [0.1, 0.15) is 67.3 Å². The maximum atomic E-state index is 12.8. The number of ketones is 1. The van der Waals surface area contributed by atoms with Gasteiger partial charge in [0.2, 0.25) is 0 Å². The zero-order valence-corrected chi connectivity index (χ0v) is 19.6. The van der Waals surface area contributed by atoms with Crippen molar-refractivity contribution in [2.24, 2.45) is 5.92 Å². The molecule has 0 aliphatic heterocycles. The lowest BCUT2D eigenvalue weighted by Gasteiger charge is -2.14. The van der Waals surface area contributed by atoms with E-state index >= 15 is 0 Å². The minimum absolute atomic E-state index is 0.0163. The Morgan fingerprint density at radius 2 is 1.79 bits per heavy atom. The molecule has 0 spiro atoms. The second-order valence-corrected chi connectivity index (χ2v) is 9.04. The number of fused-ring (bicyclic) bond motifs is 2. The van der Waals surface area contributed by atoms with Crippen LogP contribution in [0.3, 0.4) is 0 Å². The van der Waals surface area contributed by atoms with Gasteiger partial charge in [-0.25, -0.2) is 0 Å². The van der Waals surface area contributed by atoms with Gasteiger partial charge in [0.15, 0.2) is 5.78 Å². The first kappa shape index (κ1) is 23.3. The van der Waals surface area contributed by atoms with Crippen LogP contribution in [0, 0.1) is 18.3 Å². The van der Waals surface area contributed by atoms with Crippen LogP contribution < -0.4 is 4.74 Å². The Kier molecular flexibility index (Phi) is 6.03. The molecule has 1 unspecified atom stereocenters. The lowest BCUT2D eigenvalue weighted by molar-refractivity contribution is -0.141. The maximum absolute atomic E-state index is 12.8. The number of aliphatic hydroxyl groups is 1. The third kappa shape index (κ3) is 3.98. The Balaban J connectivity index is 1.62. The zero-order valence-electron chi connectivity index (χ0n) is 19.6. The Morgan fingerprint density at radius 1 is 1.15 bits per heavy atom. The Hall–Kier alpha value is -3.88. The van der Waals surface area contributed by atoms with Crippen molar-refractivity contribution < 1.29 is 24.5 Å². The van der Waals surface area contributed by atoms with Crippen LogP contribution >= 0.6 is 0 Å². The number of terminal acetylenes is 1. The van der Waals surface area contributed by atoms with Gasteiger partial charge >= 0.3 is 5.97 Å². The van der Waals surface area contributed by atoms with Gasteiger partial charge in [-0.3, -0.25) is 9.59 Å². The quantitative estimate of drug-likeness (QED) is 0.526. The number of benzene rings is 2. The van der Waals surface area contributed by atoms with Gasteiger partial charge in [-0.1, -0.05) is 24.5 Å². The molecule has 2 aliphatic rings. The van der Waals surface area contributed by atoms with Gasteiger partial charge in [-0.05, 0) is 91.4 Å². The molecular weight excluding hydrogens is 428 g/mol. The minimum Gasteiger partial charge on any atom is -0.481 e. The molecule has 0 fully saturated rings.